The van der Waals surface area contributed by atoms with Crippen LogP contribution in [0.5, 0.6) is 0 Å². The molecule has 3 aliphatic heterocycles. The molecule has 1 atom stereocenters. The molecule has 3 fully saturated rings. The van der Waals surface area contributed by atoms with E-state index in [0.717, 1.165) is 32.0 Å². The molecule has 0 radical (unpaired) electrons. The lowest BCUT2D eigenvalue weighted by atomic mass is 9.84. The highest BCUT2D eigenvalue weighted by molar-refractivity contribution is 14.0. The van der Waals surface area contributed by atoms with Crippen LogP contribution in [0.4, 0.5) is 5.69 Å². The van der Waals surface area contributed by atoms with Crippen molar-refractivity contribution >= 4 is 35.6 Å². The maximum absolute atomic E-state index is 4.58. The largest absolute Gasteiger partial charge is 0.369 e. The molecular weight excluding hydrogens is 511 g/mol. The minimum Gasteiger partial charge on any atom is -0.369 e. The van der Waals surface area contributed by atoms with Crippen LogP contribution in [-0.2, 0) is 0 Å². The Bertz CT molecular complexity index is 722. The number of piperidine rings is 2. The van der Waals surface area contributed by atoms with Gasteiger partial charge in [0.1, 0.15) is 0 Å². The summed E-state index contributed by atoms with van der Waals surface area (Å²) in [4.78, 5) is 12.3. The number of hydrogen-bond acceptors (Lipinski definition) is 4. The first-order valence-electron chi connectivity index (χ1n) is 12.3. The third-order valence-corrected chi connectivity index (χ3v) is 7.68. The van der Waals surface area contributed by atoms with E-state index in [-0.39, 0.29) is 29.5 Å². The number of nitrogens with zero attached hydrogens (tertiary/aromatic N) is 4. The Labute approximate surface area is 212 Å². The summed E-state index contributed by atoms with van der Waals surface area (Å²) in [7, 11) is 4.16. The monoisotopic (exact) mass is 554 g/mol. The molecule has 1 aromatic carbocycles. The fraction of sp³-hybridized carbons (Fsp3) is 0.720. The third-order valence-electron chi connectivity index (χ3n) is 7.68. The standard InChI is InChI=1S/C25H42N6.HI/c1-21-7-9-23(10-8-21)30-16-11-22(19-30)28-24(26-2)27-20-25(12-17-29(3)18-13-25)31-14-5-4-6-15-31;/h7-10,22H,4-6,11-20H2,1-3H3,(H2,26,27,28);1H. The normalized spacial score (nSPS) is 24.8. The molecule has 3 aliphatic rings. The van der Waals surface area contributed by atoms with E-state index >= 15 is 0 Å². The van der Waals surface area contributed by atoms with Crippen LogP contribution in [0.2, 0.25) is 0 Å². The molecule has 6 nitrogen and oxygen atoms in total. The van der Waals surface area contributed by atoms with Crippen LogP contribution >= 0.6 is 24.0 Å². The zero-order valence-corrected chi connectivity index (χ0v) is 22.6. The number of likely N-dealkylation sites (tertiary alicyclic amines) is 2. The number of guanidine groups is 1. The van der Waals surface area contributed by atoms with Crippen molar-refractivity contribution in [3.8, 4) is 0 Å². The van der Waals surface area contributed by atoms with E-state index in [1.807, 2.05) is 7.05 Å². The Hall–Kier alpha value is -1.06. The first-order chi connectivity index (χ1) is 15.1. The van der Waals surface area contributed by atoms with Crippen LogP contribution in [0.3, 0.4) is 0 Å². The predicted octanol–water partition coefficient (Wildman–Crippen LogP) is 3.31. The molecule has 0 amide bonds. The highest BCUT2D eigenvalue weighted by atomic mass is 127. The number of aryl methyl sites for hydroxylation is 1. The molecule has 4 rings (SSSR count). The molecule has 2 N–H and O–H groups in total. The van der Waals surface area contributed by atoms with Crippen LogP contribution in [0.15, 0.2) is 29.3 Å². The lowest BCUT2D eigenvalue weighted by Gasteiger charge is -2.50. The van der Waals surface area contributed by atoms with Crippen LogP contribution in [0.25, 0.3) is 0 Å². The van der Waals surface area contributed by atoms with E-state index in [1.54, 1.807) is 0 Å². The van der Waals surface area contributed by atoms with Crippen LogP contribution in [-0.4, -0.2) is 87.2 Å². The summed E-state index contributed by atoms with van der Waals surface area (Å²) in [6.07, 6.45) is 7.73. The number of aliphatic imine (C=N–C) groups is 1. The average molecular weight is 555 g/mol. The van der Waals surface area contributed by atoms with E-state index in [2.05, 4.69) is 68.6 Å². The Morgan fingerprint density at radius 1 is 1.03 bits per heavy atom. The summed E-state index contributed by atoms with van der Waals surface area (Å²) in [6.45, 7) is 10.2. The number of hydrogen-bond donors (Lipinski definition) is 2. The van der Waals surface area contributed by atoms with Gasteiger partial charge >= 0.3 is 0 Å². The fourth-order valence-corrected chi connectivity index (χ4v) is 5.51. The molecule has 0 aromatic heterocycles. The molecule has 1 unspecified atom stereocenters. The van der Waals surface area contributed by atoms with Gasteiger partial charge in [-0.3, -0.25) is 9.89 Å². The van der Waals surface area contributed by atoms with Gasteiger partial charge in [0.25, 0.3) is 0 Å². The molecular formula is C25H43IN6. The topological polar surface area (TPSA) is 46.1 Å². The fourth-order valence-electron chi connectivity index (χ4n) is 5.51. The van der Waals surface area contributed by atoms with Crippen LogP contribution in [0, 0.1) is 6.92 Å². The van der Waals surface area contributed by atoms with Crippen molar-refractivity contribution in [3.05, 3.63) is 29.8 Å². The second kappa shape index (κ2) is 11.9. The van der Waals surface area contributed by atoms with Crippen molar-refractivity contribution in [2.75, 3.05) is 64.8 Å². The van der Waals surface area contributed by atoms with Crippen molar-refractivity contribution < 1.29 is 0 Å². The minimum absolute atomic E-state index is 0. The molecule has 180 valence electrons. The minimum atomic E-state index is 0. The molecule has 0 bridgehead atoms. The Morgan fingerprint density at radius 2 is 1.72 bits per heavy atom. The first-order valence-corrected chi connectivity index (χ1v) is 12.3. The first kappa shape index (κ1) is 25.6. The number of nitrogens with one attached hydrogen (secondary N) is 2. The third kappa shape index (κ3) is 6.29. The van der Waals surface area contributed by atoms with E-state index in [4.69, 9.17) is 0 Å². The van der Waals surface area contributed by atoms with Gasteiger partial charge in [-0.05, 0) is 84.4 Å². The average Bonchev–Trinajstić information content (AvgIpc) is 3.27. The molecule has 32 heavy (non-hydrogen) atoms. The Kier molecular flexibility index (Phi) is 9.49. The highest BCUT2D eigenvalue weighted by Crippen LogP contribution is 2.31. The second-order valence-electron chi connectivity index (χ2n) is 9.91. The molecule has 0 aliphatic carbocycles. The van der Waals surface area contributed by atoms with Crippen molar-refractivity contribution in [2.24, 2.45) is 4.99 Å². The van der Waals surface area contributed by atoms with Gasteiger partial charge in [-0.25, -0.2) is 0 Å². The molecule has 1 aromatic rings. The lowest BCUT2D eigenvalue weighted by Crippen LogP contribution is -2.62. The van der Waals surface area contributed by atoms with Gasteiger partial charge in [0, 0.05) is 44.0 Å². The number of halogens is 1. The molecule has 0 spiro atoms. The number of benzene rings is 1. The summed E-state index contributed by atoms with van der Waals surface area (Å²) in [5, 5.41) is 7.45. The molecule has 3 saturated heterocycles. The quantitative estimate of drug-likeness (QED) is 0.333. The summed E-state index contributed by atoms with van der Waals surface area (Å²) >= 11 is 0. The van der Waals surface area contributed by atoms with Gasteiger partial charge in [-0.15, -0.1) is 24.0 Å². The maximum atomic E-state index is 4.58. The van der Waals surface area contributed by atoms with Gasteiger partial charge in [0.2, 0.25) is 0 Å². The summed E-state index contributed by atoms with van der Waals surface area (Å²) in [5.41, 5.74) is 2.92. The van der Waals surface area contributed by atoms with E-state index < -0.39 is 0 Å². The Balaban J connectivity index is 0.00000289. The summed E-state index contributed by atoms with van der Waals surface area (Å²) in [5.74, 6) is 0.964. The predicted molar refractivity (Wildman–Crippen MR) is 147 cm³/mol. The SMILES string of the molecule is CN=C(NCC1(N2CCCCC2)CCN(C)CC1)NC1CCN(c2ccc(C)cc2)C1.I. The van der Waals surface area contributed by atoms with Crippen LogP contribution in [0.1, 0.15) is 44.1 Å². The van der Waals surface area contributed by atoms with Crippen LogP contribution < -0.4 is 15.5 Å². The van der Waals surface area contributed by atoms with Crippen molar-refractivity contribution in [2.45, 2.75) is 57.0 Å². The van der Waals surface area contributed by atoms with Gasteiger partial charge in [0.05, 0.1) is 0 Å². The van der Waals surface area contributed by atoms with Gasteiger partial charge in [-0.2, -0.15) is 0 Å². The number of rotatable bonds is 5. The lowest BCUT2D eigenvalue weighted by molar-refractivity contribution is 0.0173. The van der Waals surface area contributed by atoms with E-state index in [9.17, 15) is 0 Å². The van der Waals surface area contributed by atoms with E-state index in [0.29, 0.717) is 6.04 Å². The van der Waals surface area contributed by atoms with Crippen molar-refractivity contribution in [1.29, 1.82) is 0 Å². The number of anilines is 1. The molecule has 0 saturated carbocycles. The van der Waals surface area contributed by atoms with Crippen molar-refractivity contribution in [1.82, 2.24) is 20.4 Å². The Morgan fingerprint density at radius 3 is 2.38 bits per heavy atom. The van der Waals surface area contributed by atoms with Gasteiger partial charge in [-0.1, -0.05) is 24.1 Å². The molecule has 3 heterocycles. The zero-order chi connectivity index (χ0) is 21.7. The maximum Gasteiger partial charge on any atom is 0.191 e. The molecule has 7 heteroatoms. The smallest absolute Gasteiger partial charge is 0.191 e. The highest BCUT2D eigenvalue weighted by Gasteiger charge is 2.39. The summed E-state index contributed by atoms with van der Waals surface area (Å²) < 4.78 is 0. The van der Waals surface area contributed by atoms with Gasteiger partial charge in [0.15, 0.2) is 5.96 Å². The van der Waals surface area contributed by atoms with Gasteiger partial charge < -0.3 is 20.4 Å². The zero-order valence-electron chi connectivity index (χ0n) is 20.3. The van der Waals surface area contributed by atoms with Crippen molar-refractivity contribution in [3.63, 3.8) is 0 Å². The summed E-state index contributed by atoms with van der Waals surface area (Å²) in [6, 6.07) is 9.34. The second-order valence-corrected chi connectivity index (χ2v) is 9.91. The van der Waals surface area contributed by atoms with E-state index in [1.165, 1.54) is 69.5 Å².